The molecule has 1 aliphatic heterocycles. The molecule has 3 rings (SSSR count). The van der Waals surface area contributed by atoms with Crippen LogP contribution in [0.3, 0.4) is 0 Å². The fourth-order valence-corrected chi connectivity index (χ4v) is 3.09. The maximum atomic E-state index is 12.5. The maximum absolute atomic E-state index is 12.5. The van der Waals surface area contributed by atoms with Gasteiger partial charge in [-0.15, -0.1) is 0 Å². The van der Waals surface area contributed by atoms with Crippen LogP contribution in [0.25, 0.3) is 0 Å². The van der Waals surface area contributed by atoms with Crippen molar-refractivity contribution in [3.05, 3.63) is 46.7 Å². The van der Waals surface area contributed by atoms with E-state index in [0.717, 1.165) is 5.56 Å². The first kappa shape index (κ1) is 12.9. The Morgan fingerprint density at radius 1 is 1.35 bits per heavy atom. The quantitative estimate of drug-likeness (QED) is 0.848. The van der Waals surface area contributed by atoms with E-state index in [0.29, 0.717) is 16.8 Å². The number of carbonyl (C=O) groups is 1. The lowest BCUT2D eigenvalue weighted by Crippen LogP contribution is -2.37. The van der Waals surface area contributed by atoms with E-state index >= 15 is 0 Å². The number of nitrogens with two attached hydrogens (primary N) is 1. The van der Waals surface area contributed by atoms with Gasteiger partial charge in [-0.25, -0.2) is 0 Å². The summed E-state index contributed by atoms with van der Waals surface area (Å²) in [6, 6.07) is 9.54. The molecule has 1 heterocycles. The first-order chi connectivity index (χ1) is 9.56. The molecule has 2 aliphatic rings. The highest BCUT2D eigenvalue weighted by Gasteiger charge is 2.48. The number of ketones is 1. The summed E-state index contributed by atoms with van der Waals surface area (Å²) < 4.78 is 6.06. The van der Waals surface area contributed by atoms with Crippen LogP contribution in [-0.4, -0.2) is 11.9 Å². The van der Waals surface area contributed by atoms with Gasteiger partial charge in [0, 0.05) is 11.3 Å². The highest BCUT2D eigenvalue weighted by molar-refractivity contribution is 6.04. The summed E-state index contributed by atoms with van der Waals surface area (Å²) in [7, 11) is 0. The predicted octanol–water partition coefficient (Wildman–Crippen LogP) is 2.33. The number of nitrogens with zero attached hydrogens (tertiary/aromatic N) is 1. The van der Waals surface area contributed by atoms with Gasteiger partial charge in [0.2, 0.25) is 0 Å². The molecule has 0 bridgehead atoms. The lowest BCUT2D eigenvalue weighted by atomic mass is 9.86. The van der Waals surface area contributed by atoms with Gasteiger partial charge >= 0.3 is 0 Å². The second-order valence-electron chi connectivity index (χ2n) is 5.63. The van der Waals surface area contributed by atoms with Crippen molar-refractivity contribution in [3.63, 3.8) is 0 Å². The van der Waals surface area contributed by atoms with Crippen molar-refractivity contribution in [1.29, 1.82) is 5.26 Å². The minimum Gasteiger partial charge on any atom is -0.400 e. The van der Waals surface area contributed by atoms with Crippen molar-refractivity contribution in [3.8, 4) is 6.07 Å². The molecule has 2 N–H and O–H groups in total. The summed E-state index contributed by atoms with van der Waals surface area (Å²) >= 11 is 0. The third kappa shape index (κ3) is 1.60. The maximum Gasteiger partial charge on any atom is 0.175 e. The summed E-state index contributed by atoms with van der Waals surface area (Å²) in [5.41, 5.74) is 8.45. The summed E-state index contributed by atoms with van der Waals surface area (Å²) in [5, 5.41) is 9.32. The van der Waals surface area contributed by atoms with Crippen molar-refractivity contribution in [1.82, 2.24) is 0 Å². The molecule has 4 nitrogen and oxygen atoms in total. The first-order valence-corrected chi connectivity index (χ1v) is 6.74. The number of rotatable bonds is 1. The predicted molar refractivity (Wildman–Crippen MR) is 73.5 cm³/mol. The van der Waals surface area contributed by atoms with E-state index < -0.39 is 5.92 Å². The van der Waals surface area contributed by atoms with E-state index in [1.54, 1.807) is 6.07 Å². The second kappa shape index (κ2) is 4.46. The number of benzene rings is 1. The zero-order chi connectivity index (χ0) is 14.4. The SMILES string of the molecule is CC(C)C1OC2c3ccccc3C(=O)C2C(N)=C1C#N. The topological polar surface area (TPSA) is 76.1 Å². The third-order valence-corrected chi connectivity index (χ3v) is 4.07. The van der Waals surface area contributed by atoms with Gasteiger partial charge in [0.1, 0.15) is 0 Å². The van der Waals surface area contributed by atoms with Gasteiger partial charge in [-0.3, -0.25) is 4.79 Å². The van der Waals surface area contributed by atoms with Gasteiger partial charge < -0.3 is 10.5 Å². The Hall–Kier alpha value is -2.12. The standard InChI is InChI=1S/C16H16N2O2/c1-8(2)15-11(7-17)13(18)12-14(19)9-5-3-4-6-10(9)16(12)20-15/h3-6,8,12,15-16H,18H2,1-2H3. The fraction of sp³-hybridized carbons (Fsp3) is 0.375. The van der Waals surface area contributed by atoms with Crippen LogP contribution >= 0.6 is 0 Å². The van der Waals surface area contributed by atoms with Gasteiger partial charge in [-0.05, 0) is 11.5 Å². The first-order valence-electron chi connectivity index (χ1n) is 6.74. The molecule has 3 unspecified atom stereocenters. The molecule has 1 aromatic carbocycles. The average molecular weight is 268 g/mol. The molecule has 4 heteroatoms. The summed E-state index contributed by atoms with van der Waals surface area (Å²) in [6.45, 7) is 3.97. The smallest absolute Gasteiger partial charge is 0.175 e. The van der Waals surface area contributed by atoms with Crippen molar-refractivity contribution < 1.29 is 9.53 Å². The highest BCUT2D eigenvalue weighted by Crippen LogP contribution is 2.47. The fourth-order valence-electron chi connectivity index (χ4n) is 3.09. The molecular weight excluding hydrogens is 252 g/mol. The Morgan fingerprint density at radius 2 is 2.05 bits per heavy atom. The van der Waals surface area contributed by atoms with Crippen LogP contribution in [0.1, 0.15) is 35.9 Å². The van der Waals surface area contributed by atoms with Gasteiger partial charge in [0.15, 0.2) is 5.78 Å². The van der Waals surface area contributed by atoms with E-state index in [9.17, 15) is 10.1 Å². The van der Waals surface area contributed by atoms with Crippen molar-refractivity contribution >= 4 is 5.78 Å². The minimum absolute atomic E-state index is 0.0435. The molecule has 20 heavy (non-hydrogen) atoms. The molecule has 1 aliphatic carbocycles. The lowest BCUT2D eigenvalue weighted by Gasteiger charge is -2.34. The summed E-state index contributed by atoms with van der Waals surface area (Å²) in [5.74, 6) is -0.456. The Labute approximate surface area is 117 Å². The normalized spacial score (nSPS) is 28.3. The van der Waals surface area contributed by atoms with Crippen molar-refractivity contribution in [2.45, 2.75) is 26.1 Å². The van der Waals surface area contributed by atoms with E-state index in [4.69, 9.17) is 10.5 Å². The van der Waals surface area contributed by atoms with E-state index in [1.165, 1.54) is 0 Å². The Morgan fingerprint density at radius 3 is 2.70 bits per heavy atom. The molecule has 3 atom stereocenters. The zero-order valence-electron chi connectivity index (χ0n) is 11.5. The molecule has 0 fully saturated rings. The molecule has 0 radical (unpaired) electrons. The molecule has 0 saturated heterocycles. The average Bonchev–Trinajstić information content (AvgIpc) is 2.73. The van der Waals surface area contributed by atoms with Gasteiger partial charge in [0.25, 0.3) is 0 Å². The monoisotopic (exact) mass is 268 g/mol. The molecular formula is C16H16N2O2. The lowest BCUT2D eigenvalue weighted by molar-refractivity contribution is -0.0406. The van der Waals surface area contributed by atoms with Crippen LogP contribution in [0.15, 0.2) is 35.5 Å². The van der Waals surface area contributed by atoms with E-state index in [2.05, 4.69) is 6.07 Å². The number of hydrogen-bond acceptors (Lipinski definition) is 4. The summed E-state index contributed by atoms with van der Waals surface area (Å²) in [6.07, 6.45) is -0.705. The molecule has 0 amide bonds. The van der Waals surface area contributed by atoms with Crippen LogP contribution in [-0.2, 0) is 4.74 Å². The zero-order valence-corrected chi connectivity index (χ0v) is 11.5. The molecule has 0 saturated carbocycles. The molecule has 102 valence electrons. The van der Waals surface area contributed by atoms with Gasteiger partial charge in [-0.2, -0.15) is 5.26 Å². The van der Waals surface area contributed by atoms with Crippen LogP contribution in [0.5, 0.6) is 0 Å². The largest absolute Gasteiger partial charge is 0.400 e. The third-order valence-electron chi connectivity index (χ3n) is 4.07. The van der Waals surface area contributed by atoms with Crippen molar-refractivity contribution in [2.75, 3.05) is 0 Å². The Balaban J connectivity index is 2.16. The van der Waals surface area contributed by atoms with Crippen molar-refractivity contribution in [2.24, 2.45) is 17.6 Å². The number of nitriles is 1. The number of Topliss-reactive ketones (excluding diaryl/α,β-unsaturated/α-hetero) is 1. The van der Waals surface area contributed by atoms with Gasteiger partial charge in [-0.1, -0.05) is 38.1 Å². The summed E-state index contributed by atoms with van der Waals surface area (Å²) in [4.78, 5) is 12.5. The molecule has 0 spiro atoms. The van der Waals surface area contributed by atoms with E-state index in [-0.39, 0.29) is 23.9 Å². The number of fused-ring (bicyclic) bond motifs is 3. The second-order valence-corrected chi connectivity index (χ2v) is 5.63. The molecule has 0 aromatic heterocycles. The van der Waals surface area contributed by atoms with Crippen LogP contribution in [0.4, 0.5) is 0 Å². The Bertz CT molecular complexity index is 655. The number of hydrogen-bond donors (Lipinski definition) is 1. The highest BCUT2D eigenvalue weighted by atomic mass is 16.5. The van der Waals surface area contributed by atoms with Crippen LogP contribution < -0.4 is 5.73 Å². The van der Waals surface area contributed by atoms with Crippen LogP contribution in [0, 0.1) is 23.2 Å². The Kier molecular flexibility index (Phi) is 2.88. The number of carbonyl (C=O) groups excluding carboxylic acids is 1. The van der Waals surface area contributed by atoms with Gasteiger partial charge in [0.05, 0.1) is 29.8 Å². The number of ether oxygens (including phenoxy) is 1. The van der Waals surface area contributed by atoms with Crippen LogP contribution in [0.2, 0.25) is 0 Å². The minimum atomic E-state index is -0.544. The molecule has 1 aromatic rings. The van der Waals surface area contributed by atoms with E-state index in [1.807, 2.05) is 32.0 Å².